The van der Waals surface area contributed by atoms with E-state index in [4.69, 9.17) is 5.73 Å². The summed E-state index contributed by atoms with van der Waals surface area (Å²) in [5, 5.41) is 0. The van der Waals surface area contributed by atoms with Crippen LogP contribution >= 0.6 is 11.3 Å². The summed E-state index contributed by atoms with van der Waals surface area (Å²) in [5.74, 6) is -2.02. The first-order chi connectivity index (χ1) is 12.4. The number of nitrogens with zero attached hydrogens (tertiary/aromatic N) is 4. The molecule has 0 aliphatic heterocycles. The van der Waals surface area contributed by atoms with Crippen molar-refractivity contribution in [3.63, 3.8) is 0 Å². The van der Waals surface area contributed by atoms with E-state index in [1.807, 2.05) is 12.1 Å². The fourth-order valence-corrected chi connectivity index (χ4v) is 4.29. The van der Waals surface area contributed by atoms with Gasteiger partial charge < -0.3 is 5.73 Å². The van der Waals surface area contributed by atoms with Crippen molar-refractivity contribution < 1.29 is 8.78 Å². The number of pyridine rings is 1. The molecule has 0 bridgehead atoms. The van der Waals surface area contributed by atoms with Crippen LogP contribution in [-0.2, 0) is 6.42 Å². The summed E-state index contributed by atoms with van der Waals surface area (Å²) in [7, 11) is 1.67. The van der Waals surface area contributed by atoms with E-state index in [-0.39, 0.29) is 18.8 Å². The van der Waals surface area contributed by atoms with Gasteiger partial charge in [-0.15, -0.1) is 11.3 Å². The first-order valence-corrected chi connectivity index (χ1v) is 9.06. The number of rotatable bonds is 4. The second-order valence-corrected chi connectivity index (χ2v) is 7.69. The Balaban J connectivity index is 1.61. The number of thiophene rings is 1. The van der Waals surface area contributed by atoms with E-state index in [0.29, 0.717) is 17.9 Å². The Labute approximate surface area is 153 Å². The molecule has 26 heavy (non-hydrogen) atoms. The number of fused-ring (bicyclic) bond motifs is 1. The molecule has 0 aromatic carbocycles. The predicted octanol–water partition coefficient (Wildman–Crippen LogP) is 3.97. The topological polar surface area (TPSA) is 77.0 Å². The average molecular weight is 373 g/mol. The maximum atomic E-state index is 13.0. The van der Waals surface area contributed by atoms with E-state index in [1.165, 1.54) is 11.3 Å². The summed E-state index contributed by atoms with van der Waals surface area (Å²) in [6.45, 7) is 0. The van der Waals surface area contributed by atoms with Crippen LogP contribution in [0.25, 0.3) is 21.6 Å². The molecule has 3 aromatic heterocycles. The van der Waals surface area contributed by atoms with Crippen molar-refractivity contribution in [3.8, 4) is 11.3 Å². The molecule has 134 valence electrons. The fourth-order valence-electron chi connectivity index (χ4n) is 3.19. The van der Waals surface area contributed by atoms with Crippen LogP contribution < -0.4 is 5.73 Å². The van der Waals surface area contributed by atoms with E-state index >= 15 is 0 Å². The highest BCUT2D eigenvalue weighted by molar-refractivity contribution is 7.18. The number of halogens is 2. The Morgan fingerprint density at radius 2 is 2.12 bits per heavy atom. The molecule has 0 spiro atoms. The van der Waals surface area contributed by atoms with E-state index in [0.717, 1.165) is 26.4 Å². The smallest absolute Gasteiger partial charge is 0.248 e. The molecule has 5 nitrogen and oxygen atoms in total. The maximum absolute atomic E-state index is 13.0. The van der Waals surface area contributed by atoms with Gasteiger partial charge in [-0.3, -0.25) is 9.98 Å². The fraction of sp³-hybridized carbons (Fsp3) is 0.333. The number of aliphatic imine (C=N–C) groups is 1. The van der Waals surface area contributed by atoms with Crippen molar-refractivity contribution in [3.05, 3.63) is 35.0 Å². The van der Waals surface area contributed by atoms with Crippen LogP contribution in [0.4, 0.5) is 14.6 Å². The lowest BCUT2D eigenvalue weighted by molar-refractivity contribution is -0.109. The number of aromatic nitrogens is 3. The van der Waals surface area contributed by atoms with Gasteiger partial charge in [0.05, 0.1) is 11.9 Å². The number of hydrogen-bond donors (Lipinski definition) is 1. The van der Waals surface area contributed by atoms with Gasteiger partial charge in [0.15, 0.2) is 0 Å². The summed E-state index contributed by atoms with van der Waals surface area (Å²) >= 11 is 1.51. The van der Waals surface area contributed by atoms with Gasteiger partial charge in [-0.1, -0.05) is 0 Å². The molecule has 0 atom stereocenters. The molecular weight excluding hydrogens is 356 g/mol. The lowest BCUT2D eigenvalue weighted by Gasteiger charge is -2.34. The average Bonchev–Trinajstić information content (AvgIpc) is 2.97. The lowest BCUT2D eigenvalue weighted by atomic mass is 9.79. The van der Waals surface area contributed by atoms with E-state index < -0.39 is 5.92 Å². The Morgan fingerprint density at radius 1 is 1.31 bits per heavy atom. The Hall–Kier alpha value is -2.48. The van der Waals surface area contributed by atoms with Crippen LogP contribution in [0.15, 0.2) is 29.5 Å². The SMILES string of the molecule is CN=Cc1cc(-c2cnc3cc(CC4CC(F)(F)C4)sc3n2)cnc1N. The first-order valence-electron chi connectivity index (χ1n) is 8.25. The summed E-state index contributed by atoms with van der Waals surface area (Å²) in [6, 6.07) is 3.82. The minimum atomic E-state index is -2.48. The highest BCUT2D eigenvalue weighted by Gasteiger charge is 2.45. The summed E-state index contributed by atoms with van der Waals surface area (Å²) in [6.07, 6.45) is 5.61. The molecule has 8 heteroatoms. The Morgan fingerprint density at radius 3 is 2.85 bits per heavy atom. The molecule has 1 aliphatic rings. The second-order valence-electron chi connectivity index (χ2n) is 6.58. The highest BCUT2D eigenvalue weighted by atomic mass is 32.1. The molecule has 1 saturated carbocycles. The zero-order valence-electron chi connectivity index (χ0n) is 14.1. The van der Waals surface area contributed by atoms with Crippen molar-refractivity contribution in [1.29, 1.82) is 0 Å². The van der Waals surface area contributed by atoms with Crippen LogP contribution in [0, 0.1) is 5.92 Å². The van der Waals surface area contributed by atoms with Gasteiger partial charge in [0.2, 0.25) is 5.92 Å². The largest absolute Gasteiger partial charge is 0.383 e. The Kier molecular flexibility index (Phi) is 4.14. The molecule has 0 radical (unpaired) electrons. The van der Waals surface area contributed by atoms with Crippen LogP contribution in [0.1, 0.15) is 23.3 Å². The standard InChI is InChI=1S/C18H17F2N5S/c1-22-7-12-3-11(8-24-16(12)21)15-9-23-14-4-13(26-17(14)25-15)2-10-5-18(19,20)6-10/h3-4,7-10H,2,5-6H2,1H3,(H2,21,24). The third-order valence-corrected chi connectivity index (χ3v) is 5.51. The minimum absolute atomic E-state index is 0.0216. The summed E-state index contributed by atoms with van der Waals surface area (Å²) in [4.78, 5) is 19.1. The number of hydrogen-bond acceptors (Lipinski definition) is 6. The Bertz CT molecular complexity index is 990. The number of anilines is 1. The van der Waals surface area contributed by atoms with Crippen molar-refractivity contribution in [2.24, 2.45) is 10.9 Å². The van der Waals surface area contributed by atoms with Crippen molar-refractivity contribution in [2.75, 3.05) is 12.8 Å². The zero-order chi connectivity index (χ0) is 18.3. The monoisotopic (exact) mass is 373 g/mol. The van der Waals surface area contributed by atoms with E-state index in [9.17, 15) is 8.78 Å². The summed E-state index contributed by atoms with van der Waals surface area (Å²) in [5.41, 5.74) is 8.86. The number of nitrogen functional groups attached to an aromatic ring is 1. The van der Waals surface area contributed by atoms with Crippen LogP contribution in [0.2, 0.25) is 0 Å². The minimum Gasteiger partial charge on any atom is -0.383 e. The zero-order valence-corrected chi connectivity index (χ0v) is 14.9. The molecule has 3 aromatic rings. The normalized spacial score (nSPS) is 17.0. The molecule has 3 heterocycles. The molecule has 1 aliphatic carbocycles. The molecule has 0 unspecified atom stereocenters. The number of nitrogens with two attached hydrogens (primary N) is 1. The van der Waals surface area contributed by atoms with Crippen molar-refractivity contribution in [2.45, 2.75) is 25.2 Å². The third-order valence-electron chi connectivity index (χ3n) is 4.47. The van der Waals surface area contributed by atoms with Crippen LogP contribution in [-0.4, -0.2) is 34.1 Å². The summed E-state index contributed by atoms with van der Waals surface area (Å²) < 4.78 is 26.0. The van der Waals surface area contributed by atoms with Crippen LogP contribution in [0.3, 0.4) is 0 Å². The highest BCUT2D eigenvalue weighted by Crippen LogP contribution is 2.44. The quantitative estimate of drug-likeness (QED) is 0.702. The molecule has 0 saturated heterocycles. The molecule has 1 fully saturated rings. The van der Waals surface area contributed by atoms with E-state index in [2.05, 4.69) is 19.9 Å². The van der Waals surface area contributed by atoms with Gasteiger partial charge >= 0.3 is 0 Å². The molecule has 2 N–H and O–H groups in total. The predicted molar refractivity (Wildman–Crippen MR) is 100.0 cm³/mol. The lowest BCUT2D eigenvalue weighted by Crippen LogP contribution is -2.36. The van der Waals surface area contributed by atoms with Crippen LogP contribution in [0.5, 0.6) is 0 Å². The molecular formula is C18H17F2N5S. The number of alkyl halides is 2. The van der Waals surface area contributed by atoms with Gasteiger partial charge in [-0.05, 0) is 24.5 Å². The first kappa shape index (κ1) is 17.0. The molecule has 4 rings (SSSR count). The van der Waals surface area contributed by atoms with Gasteiger partial charge in [-0.25, -0.2) is 18.7 Å². The van der Waals surface area contributed by atoms with Gasteiger partial charge in [0.25, 0.3) is 0 Å². The van der Waals surface area contributed by atoms with Gasteiger partial charge in [-0.2, -0.15) is 0 Å². The van der Waals surface area contributed by atoms with Crippen molar-refractivity contribution >= 4 is 33.7 Å². The maximum Gasteiger partial charge on any atom is 0.248 e. The van der Waals surface area contributed by atoms with Gasteiger partial charge in [0.1, 0.15) is 16.2 Å². The van der Waals surface area contributed by atoms with E-state index in [1.54, 1.807) is 25.7 Å². The third kappa shape index (κ3) is 3.29. The second kappa shape index (κ2) is 6.35. The van der Waals surface area contributed by atoms with Crippen molar-refractivity contribution in [1.82, 2.24) is 15.0 Å². The van der Waals surface area contributed by atoms with Gasteiger partial charge in [0, 0.05) is 48.3 Å². The molecule has 0 amide bonds.